The van der Waals surface area contributed by atoms with E-state index in [0.29, 0.717) is 12.5 Å². The molecular weight excluding hydrogens is 250 g/mol. The van der Waals surface area contributed by atoms with Crippen LogP contribution in [0.3, 0.4) is 0 Å². The van der Waals surface area contributed by atoms with E-state index < -0.39 is 0 Å². The first kappa shape index (κ1) is 13.8. The van der Waals surface area contributed by atoms with Gasteiger partial charge in [-0.15, -0.1) is 0 Å². The molecule has 18 heavy (non-hydrogen) atoms. The molecule has 1 aliphatic rings. The predicted octanol–water partition coefficient (Wildman–Crippen LogP) is 2.39. The molecule has 1 unspecified atom stereocenters. The number of hydrogen-bond donors (Lipinski definition) is 2. The maximum absolute atomic E-state index is 8.95. The van der Waals surface area contributed by atoms with Crippen molar-refractivity contribution in [2.24, 2.45) is 5.92 Å². The van der Waals surface area contributed by atoms with Gasteiger partial charge in [-0.05, 0) is 37.1 Å². The normalized spacial score (nSPS) is 21.8. The molecule has 2 N–H and O–H groups in total. The van der Waals surface area contributed by atoms with Crippen LogP contribution < -0.4 is 5.32 Å². The van der Waals surface area contributed by atoms with Crippen molar-refractivity contribution in [1.29, 1.82) is 0 Å². The Hall–Kier alpha value is -0.610. The Bertz CT molecular complexity index is 367. The Morgan fingerprint density at radius 3 is 3.06 bits per heavy atom. The van der Waals surface area contributed by atoms with Crippen LogP contribution in [0.25, 0.3) is 0 Å². The summed E-state index contributed by atoms with van der Waals surface area (Å²) in [6.07, 6.45) is 2.34. The van der Waals surface area contributed by atoms with Crippen molar-refractivity contribution in [3.63, 3.8) is 0 Å². The molecule has 2 rings (SSSR count). The molecule has 1 heterocycles. The van der Waals surface area contributed by atoms with E-state index in [1.165, 1.54) is 6.42 Å². The van der Waals surface area contributed by atoms with Crippen molar-refractivity contribution in [2.45, 2.75) is 18.9 Å². The topological polar surface area (TPSA) is 41.5 Å². The second kappa shape index (κ2) is 7.10. The van der Waals surface area contributed by atoms with Crippen LogP contribution in [0.15, 0.2) is 24.3 Å². The number of rotatable bonds is 5. The molecule has 0 bridgehead atoms. The molecule has 0 aromatic heterocycles. The minimum Gasteiger partial charge on any atom is -0.394 e. The molecule has 1 aromatic carbocycles. The van der Waals surface area contributed by atoms with E-state index in [2.05, 4.69) is 5.32 Å². The zero-order valence-corrected chi connectivity index (χ0v) is 11.2. The Morgan fingerprint density at radius 2 is 2.39 bits per heavy atom. The lowest BCUT2D eigenvalue weighted by molar-refractivity contribution is -0.0133. The lowest BCUT2D eigenvalue weighted by Gasteiger charge is -2.31. The molecule has 100 valence electrons. The van der Waals surface area contributed by atoms with Crippen molar-refractivity contribution in [3.05, 3.63) is 34.9 Å². The third kappa shape index (κ3) is 3.69. The van der Waals surface area contributed by atoms with Crippen LogP contribution in [0.2, 0.25) is 5.02 Å². The van der Waals surface area contributed by atoms with E-state index >= 15 is 0 Å². The summed E-state index contributed by atoms with van der Waals surface area (Å²) in [5, 5.41) is 13.1. The SMILES string of the molecule is OCCO[C@@H](c1cccc(Cl)c1)C1CCCNC1. The van der Waals surface area contributed by atoms with Crippen LogP contribution in [0.5, 0.6) is 0 Å². The van der Waals surface area contributed by atoms with Crippen molar-refractivity contribution >= 4 is 11.6 Å². The highest BCUT2D eigenvalue weighted by Gasteiger charge is 2.25. The smallest absolute Gasteiger partial charge is 0.0866 e. The number of aliphatic hydroxyl groups is 1. The second-order valence-electron chi connectivity index (χ2n) is 4.68. The Labute approximate surface area is 113 Å². The van der Waals surface area contributed by atoms with Crippen molar-refractivity contribution in [2.75, 3.05) is 26.3 Å². The van der Waals surface area contributed by atoms with Gasteiger partial charge in [0.25, 0.3) is 0 Å². The molecule has 0 radical (unpaired) electrons. The summed E-state index contributed by atoms with van der Waals surface area (Å²) in [6, 6.07) is 7.82. The molecule has 0 aliphatic carbocycles. The molecule has 0 spiro atoms. The van der Waals surface area contributed by atoms with Gasteiger partial charge in [0, 0.05) is 17.5 Å². The number of nitrogens with one attached hydrogen (secondary N) is 1. The monoisotopic (exact) mass is 269 g/mol. The van der Waals surface area contributed by atoms with Gasteiger partial charge in [0.05, 0.1) is 19.3 Å². The van der Waals surface area contributed by atoms with Crippen LogP contribution in [0.1, 0.15) is 24.5 Å². The molecule has 4 heteroatoms. The summed E-state index contributed by atoms with van der Waals surface area (Å²) in [5.41, 5.74) is 1.10. The van der Waals surface area contributed by atoms with Gasteiger partial charge in [0.2, 0.25) is 0 Å². The standard InChI is InChI=1S/C14H20ClNO2/c15-13-5-1-3-11(9-13)14(18-8-7-17)12-4-2-6-16-10-12/h1,3,5,9,12,14,16-17H,2,4,6-8,10H2/t12?,14-/m0/s1. The third-order valence-corrected chi connectivity index (χ3v) is 3.56. The first-order valence-electron chi connectivity index (χ1n) is 6.50. The van der Waals surface area contributed by atoms with E-state index in [0.717, 1.165) is 30.1 Å². The first-order valence-corrected chi connectivity index (χ1v) is 6.87. The van der Waals surface area contributed by atoms with Gasteiger partial charge < -0.3 is 15.2 Å². The Balaban J connectivity index is 2.12. The average molecular weight is 270 g/mol. The number of halogens is 1. The number of hydrogen-bond acceptors (Lipinski definition) is 3. The van der Waals surface area contributed by atoms with E-state index in [4.69, 9.17) is 21.4 Å². The summed E-state index contributed by atoms with van der Waals surface area (Å²) in [7, 11) is 0. The molecule has 1 saturated heterocycles. The van der Waals surface area contributed by atoms with Gasteiger partial charge in [-0.1, -0.05) is 23.7 Å². The fourth-order valence-electron chi connectivity index (χ4n) is 2.50. The maximum atomic E-state index is 8.95. The summed E-state index contributed by atoms with van der Waals surface area (Å²) in [6.45, 7) is 2.46. The van der Waals surface area contributed by atoms with Gasteiger partial charge >= 0.3 is 0 Å². The number of piperidine rings is 1. The zero-order chi connectivity index (χ0) is 12.8. The van der Waals surface area contributed by atoms with E-state index in [1.807, 2.05) is 24.3 Å². The van der Waals surface area contributed by atoms with Crippen LogP contribution in [0, 0.1) is 5.92 Å². The Kier molecular flexibility index (Phi) is 5.45. The number of ether oxygens (including phenoxy) is 1. The molecule has 2 atom stereocenters. The highest BCUT2D eigenvalue weighted by atomic mass is 35.5. The number of benzene rings is 1. The van der Waals surface area contributed by atoms with Gasteiger partial charge in [0.1, 0.15) is 0 Å². The summed E-state index contributed by atoms with van der Waals surface area (Å²) in [5.74, 6) is 0.448. The fourth-order valence-corrected chi connectivity index (χ4v) is 2.70. The second-order valence-corrected chi connectivity index (χ2v) is 5.11. The fraction of sp³-hybridized carbons (Fsp3) is 0.571. The van der Waals surface area contributed by atoms with E-state index in [-0.39, 0.29) is 12.7 Å². The maximum Gasteiger partial charge on any atom is 0.0866 e. The summed E-state index contributed by atoms with van der Waals surface area (Å²) in [4.78, 5) is 0. The van der Waals surface area contributed by atoms with Gasteiger partial charge in [-0.2, -0.15) is 0 Å². The minimum absolute atomic E-state index is 0.0173. The molecule has 0 amide bonds. The van der Waals surface area contributed by atoms with Gasteiger partial charge in [0.15, 0.2) is 0 Å². The molecule has 1 fully saturated rings. The lowest BCUT2D eigenvalue weighted by Crippen LogP contribution is -2.34. The molecule has 0 saturated carbocycles. The highest BCUT2D eigenvalue weighted by Crippen LogP contribution is 2.31. The van der Waals surface area contributed by atoms with Crippen LogP contribution in [0.4, 0.5) is 0 Å². The summed E-state index contributed by atoms with van der Waals surface area (Å²) >= 11 is 6.04. The van der Waals surface area contributed by atoms with Crippen LogP contribution in [-0.4, -0.2) is 31.4 Å². The lowest BCUT2D eigenvalue weighted by atomic mass is 9.89. The average Bonchev–Trinajstić information content (AvgIpc) is 2.40. The molecular formula is C14H20ClNO2. The Morgan fingerprint density at radius 1 is 1.50 bits per heavy atom. The predicted molar refractivity (Wildman–Crippen MR) is 72.8 cm³/mol. The van der Waals surface area contributed by atoms with Gasteiger partial charge in [-0.3, -0.25) is 0 Å². The van der Waals surface area contributed by atoms with Gasteiger partial charge in [-0.25, -0.2) is 0 Å². The molecule has 3 nitrogen and oxygen atoms in total. The quantitative estimate of drug-likeness (QED) is 0.862. The van der Waals surface area contributed by atoms with Crippen molar-refractivity contribution in [3.8, 4) is 0 Å². The van der Waals surface area contributed by atoms with Crippen LogP contribution in [-0.2, 0) is 4.74 Å². The summed E-state index contributed by atoms with van der Waals surface area (Å²) < 4.78 is 5.82. The highest BCUT2D eigenvalue weighted by molar-refractivity contribution is 6.30. The van der Waals surface area contributed by atoms with E-state index in [1.54, 1.807) is 0 Å². The molecule has 1 aliphatic heterocycles. The number of aliphatic hydroxyl groups excluding tert-OH is 1. The zero-order valence-electron chi connectivity index (χ0n) is 10.4. The largest absolute Gasteiger partial charge is 0.394 e. The van der Waals surface area contributed by atoms with Crippen molar-refractivity contribution < 1.29 is 9.84 Å². The molecule has 1 aromatic rings. The van der Waals surface area contributed by atoms with Crippen molar-refractivity contribution in [1.82, 2.24) is 5.32 Å². The first-order chi connectivity index (χ1) is 8.81. The minimum atomic E-state index is 0.0173. The van der Waals surface area contributed by atoms with E-state index in [9.17, 15) is 0 Å². The van der Waals surface area contributed by atoms with Crippen LogP contribution >= 0.6 is 11.6 Å². The third-order valence-electron chi connectivity index (χ3n) is 3.33.